The van der Waals surface area contributed by atoms with Crippen LogP contribution in [0.3, 0.4) is 0 Å². The second-order valence-corrected chi connectivity index (χ2v) is 13.3. The van der Waals surface area contributed by atoms with E-state index in [1.54, 1.807) is 30.3 Å². The maximum atomic E-state index is 13.6. The van der Waals surface area contributed by atoms with Gasteiger partial charge in [0.2, 0.25) is 21.8 Å². The molecule has 2 fully saturated rings. The van der Waals surface area contributed by atoms with Crippen molar-refractivity contribution in [1.82, 2.24) is 29.3 Å². The Balaban J connectivity index is 1.32. The first kappa shape index (κ1) is 29.1. The van der Waals surface area contributed by atoms with E-state index in [0.29, 0.717) is 35.6 Å². The van der Waals surface area contributed by atoms with Crippen molar-refractivity contribution in [3.05, 3.63) is 51.9 Å². The van der Waals surface area contributed by atoms with E-state index in [0.717, 1.165) is 23.0 Å². The molecule has 1 atom stereocenters. The molecule has 12 nitrogen and oxygen atoms in total. The molecular weight excluding hydrogens is 570 g/mol. The molecule has 0 spiro atoms. The Morgan fingerprint density at radius 3 is 2.59 bits per heavy atom. The number of sulfonamides is 1. The quantitative estimate of drug-likeness (QED) is 0.417. The van der Waals surface area contributed by atoms with E-state index in [1.165, 1.54) is 22.9 Å². The molecule has 2 N–H and O–H groups in total. The number of carbonyl (C=O) groups excluding carboxylic acids is 2. The lowest BCUT2D eigenvalue weighted by Gasteiger charge is -2.42. The predicted octanol–water partition coefficient (Wildman–Crippen LogP) is 1.56. The molecule has 0 aliphatic carbocycles. The van der Waals surface area contributed by atoms with E-state index in [2.05, 4.69) is 20.3 Å². The first-order chi connectivity index (χ1) is 19.4. The third kappa shape index (κ3) is 5.97. The number of nitrogens with one attached hydrogen (secondary N) is 2. The van der Waals surface area contributed by atoms with Gasteiger partial charge in [-0.1, -0.05) is 11.6 Å². The molecule has 0 radical (unpaired) electrons. The fraction of sp³-hybridized carbons (Fsp3) is 0.481. The van der Waals surface area contributed by atoms with Crippen molar-refractivity contribution in [1.29, 1.82) is 0 Å². The molecule has 4 heterocycles. The highest BCUT2D eigenvalue weighted by Gasteiger charge is 2.43. The molecule has 2 aliphatic rings. The van der Waals surface area contributed by atoms with Crippen LogP contribution in [0.2, 0.25) is 5.02 Å². The second-order valence-electron chi connectivity index (χ2n) is 11.0. The lowest BCUT2D eigenvalue weighted by molar-refractivity contribution is -0.146. The first-order valence-electron chi connectivity index (χ1n) is 13.6. The van der Waals surface area contributed by atoms with Gasteiger partial charge in [0, 0.05) is 62.4 Å². The predicted molar refractivity (Wildman–Crippen MR) is 155 cm³/mol. The van der Waals surface area contributed by atoms with Crippen LogP contribution in [0.15, 0.2) is 46.2 Å². The molecule has 1 aromatic carbocycles. The number of fused-ring (bicyclic) bond motifs is 1. The number of H-pyrrole nitrogens is 1. The number of rotatable bonds is 7. The molecule has 2 saturated heterocycles. The lowest BCUT2D eigenvalue weighted by atomic mass is 9.95. The zero-order valence-electron chi connectivity index (χ0n) is 23.2. The maximum Gasteiger partial charge on any atom is 0.266 e. The third-order valence-corrected chi connectivity index (χ3v) is 9.82. The lowest BCUT2D eigenvalue weighted by Crippen LogP contribution is -2.63. The van der Waals surface area contributed by atoms with Gasteiger partial charge in [-0.3, -0.25) is 14.4 Å². The number of aromatic nitrogens is 3. The summed E-state index contributed by atoms with van der Waals surface area (Å²) >= 11 is 6.15. The number of anilines is 1. The van der Waals surface area contributed by atoms with Crippen LogP contribution in [-0.2, 0) is 26.7 Å². The Morgan fingerprint density at radius 2 is 1.90 bits per heavy atom. The van der Waals surface area contributed by atoms with Gasteiger partial charge in [-0.15, -0.1) is 0 Å². The van der Waals surface area contributed by atoms with Crippen LogP contribution in [0.4, 0.5) is 5.82 Å². The van der Waals surface area contributed by atoms with Crippen LogP contribution in [0.5, 0.6) is 0 Å². The zero-order valence-corrected chi connectivity index (χ0v) is 24.8. The monoisotopic (exact) mass is 603 g/mol. The van der Waals surface area contributed by atoms with E-state index < -0.39 is 22.0 Å². The Morgan fingerprint density at radius 1 is 1.17 bits per heavy atom. The number of aromatic amines is 1. The molecule has 2 aliphatic heterocycles. The standard InChI is InChI=1S/C27H34ClN7O5S/c1-17(2)30-27(38)23-15-34(41(39,40)19-4-5-20-21(28)13-29-22(20)12-19)16-26(37)35(23)14-18-8-10-33(11-9-18)24-6-7-25(36)32(3)31-24/h4-7,12-13,17-18,23,29H,8-11,14-16H2,1-3H3,(H,30,38)/t23-/m1/s1. The fourth-order valence-electron chi connectivity index (χ4n) is 5.45. The highest BCUT2D eigenvalue weighted by atomic mass is 35.5. The number of hydrogen-bond donors (Lipinski definition) is 2. The van der Waals surface area contributed by atoms with Crippen molar-refractivity contribution in [3.63, 3.8) is 0 Å². The highest BCUT2D eigenvalue weighted by molar-refractivity contribution is 7.89. The van der Waals surface area contributed by atoms with Crippen molar-refractivity contribution in [2.45, 2.75) is 43.7 Å². The van der Waals surface area contributed by atoms with Gasteiger partial charge in [-0.25, -0.2) is 13.1 Å². The van der Waals surface area contributed by atoms with Gasteiger partial charge in [-0.05, 0) is 56.9 Å². The summed E-state index contributed by atoms with van der Waals surface area (Å²) in [6, 6.07) is 6.64. The normalized spacial score (nSPS) is 19.3. The van der Waals surface area contributed by atoms with Crippen LogP contribution in [0.1, 0.15) is 26.7 Å². The molecule has 220 valence electrons. The SMILES string of the molecule is CC(C)NC(=O)[C@H]1CN(S(=O)(=O)c2ccc3c(Cl)c[nH]c3c2)CC(=O)N1CC1CCN(c2ccc(=O)n(C)n2)CC1. The molecule has 0 saturated carbocycles. The number of carbonyl (C=O) groups is 2. The third-order valence-electron chi connectivity index (χ3n) is 7.70. The molecule has 14 heteroatoms. The van der Waals surface area contributed by atoms with Crippen molar-refractivity contribution >= 4 is 50.2 Å². The molecule has 0 bridgehead atoms. The van der Waals surface area contributed by atoms with Crippen molar-refractivity contribution in [2.24, 2.45) is 13.0 Å². The minimum Gasteiger partial charge on any atom is -0.360 e. The van der Waals surface area contributed by atoms with E-state index in [-0.39, 0.29) is 41.4 Å². The van der Waals surface area contributed by atoms with Gasteiger partial charge >= 0.3 is 0 Å². The van der Waals surface area contributed by atoms with E-state index in [4.69, 9.17) is 11.6 Å². The van der Waals surface area contributed by atoms with Gasteiger partial charge in [0.15, 0.2) is 0 Å². The minimum atomic E-state index is -4.07. The highest BCUT2D eigenvalue weighted by Crippen LogP contribution is 2.29. The number of nitrogens with zero attached hydrogens (tertiary/aromatic N) is 5. The maximum absolute atomic E-state index is 13.6. The summed E-state index contributed by atoms with van der Waals surface area (Å²) in [7, 11) is -2.46. The van der Waals surface area contributed by atoms with Crippen LogP contribution in [0, 0.1) is 5.92 Å². The zero-order chi connectivity index (χ0) is 29.5. The smallest absolute Gasteiger partial charge is 0.266 e. The minimum absolute atomic E-state index is 0.0205. The number of halogens is 1. The summed E-state index contributed by atoms with van der Waals surface area (Å²) in [4.78, 5) is 45.1. The van der Waals surface area contributed by atoms with Crippen LogP contribution < -0.4 is 15.8 Å². The number of aryl methyl sites for hydroxylation is 1. The number of piperazine rings is 1. The van der Waals surface area contributed by atoms with Gasteiger partial charge in [0.25, 0.3) is 5.56 Å². The van der Waals surface area contributed by atoms with Crippen LogP contribution in [-0.4, -0.2) is 89.0 Å². The molecule has 5 rings (SSSR count). The summed E-state index contributed by atoms with van der Waals surface area (Å²) < 4.78 is 29.7. The fourth-order valence-corrected chi connectivity index (χ4v) is 7.09. The Hall–Kier alpha value is -3.42. The molecule has 2 aromatic heterocycles. The average Bonchev–Trinajstić information content (AvgIpc) is 3.31. The van der Waals surface area contributed by atoms with Crippen molar-refractivity contribution < 1.29 is 18.0 Å². The summed E-state index contributed by atoms with van der Waals surface area (Å²) in [6.45, 7) is 4.88. The van der Waals surface area contributed by atoms with Crippen molar-refractivity contribution in [3.8, 4) is 0 Å². The average molecular weight is 604 g/mol. The molecule has 2 amide bonds. The Bertz CT molecular complexity index is 1630. The number of piperidine rings is 1. The summed E-state index contributed by atoms with van der Waals surface area (Å²) in [5.74, 6) is 0.0521. The first-order valence-corrected chi connectivity index (χ1v) is 15.4. The van der Waals surface area contributed by atoms with Gasteiger partial charge in [-0.2, -0.15) is 9.40 Å². The molecule has 3 aromatic rings. The van der Waals surface area contributed by atoms with Gasteiger partial charge in [0.05, 0.1) is 16.5 Å². The molecule has 0 unspecified atom stereocenters. The van der Waals surface area contributed by atoms with Gasteiger partial charge in [0.1, 0.15) is 11.9 Å². The summed E-state index contributed by atoms with van der Waals surface area (Å²) in [5, 5.41) is 8.36. The topological polar surface area (TPSA) is 141 Å². The Kier molecular flexibility index (Phi) is 8.13. The number of amides is 2. The molecule has 41 heavy (non-hydrogen) atoms. The summed E-state index contributed by atoms with van der Waals surface area (Å²) in [6.07, 6.45) is 3.10. The van der Waals surface area contributed by atoms with Crippen LogP contribution in [0.25, 0.3) is 10.9 Å². The van der Waals surface area contributed by atoms with E-state index in [9.17, 15) is 22.8 Å². The van der Waals surface area contributed by atoms with Crippen LogP contribution >= 0.6 is 11.6 Å². The number of hydrogen-bond acceptors (Lipinski definition) is 7. The van der Waals surface area contributed by atoms with E-state index in [1.807, 2.05) is 13.8 Å². The number of benzene rings is 1. The Labute approximate surface area is 243 Å². The molecular formula is C27H34ClN7O5S. The van der Waals surface area contributed by atoms with Crippen molar-refractivity contribution in [2.75, 3.05) is 37.6 Å². The van der Waals surface area contributed by atoms with E-state index >= 15 is 0 Å². The second kappa shape index (κ2) is 11.5. The summed E-state index contributed by atoms with van der Waals surface area (Å²) in [5.41, 5.74) is 0.387. The van der Waals surface area contributed by atoms with Gasteiger partial charge < -0.3 is 20.1 Å². The largest absolute Gasteiger partial charge is 0.360 e.